The first-order chi connectivity index (χ1) is 10.2. The fraction of sp³-hybridized carbons (Fsp3) is 0.562. The highest BCUT2D eigenvalue weighted by molar-refractivity contribution is 5.79. The Kier molecular flexibility index (Phi) is 8.28. The highest BCUT2D eigenvalue weighted by Crippen LogP contribution is 2.21. The maximum atomic E-state index is 5.78. The molecule has 0 radical (unpaired) electrons. The lowest BCUT2D eigenvalue weighted by atomic mass is 10.1. The van der Waals surface area contributed by atoms with Crippen LogP contribution in [-0.2, 0) is 11.3 Å². The zero-order valence-electron chi connectivity index (χ0n) is 13.5. The number of hydrogen-bond donors (Lipinski definition) is 2. The topological polar surface area (TPSA) is 54.9 Å². The van der Waals surface area contributed by atoms with Crippen molar-refractivity contribution in [2.24, 2.45) is 4.99 Å². The van der Waals surface area contributed by atoms with Crippen LogP contribution in [0.1, 0.15) is 25.0 Å². The molecule has 0 heterocycles. The summed E-state index contributed by atoms with van der Waals surface area (Å²) in [5, 5.41) is 6.43. The monoisotopic (exact) mass is 293 g/mol. The molecule has 118 valence electrons. The van der Waals surface area contributed by atoms with E-state index < -0.39 is 0 Å². The Balaban J connectivity index is 2.77. The van der Waals surface area contributed by atoms with Gasteiger partial charge in [0.05, 0.1) is 13.2 Å². The largest absolute Gasteiger partial charge is 0.491 e. The van der Waals surface area contributed by atoms with Crippen molar-refractivity contribution >= 4 is 5.96 Å². The van der Waals surface area contributed by atoms with Crippen LogP contribution in [-0.4, -0.2) is 39.4 Å². The van der Waals surface area contributed by atoms with Gasteiger partial charge in [-0.15, -0.1) is 0 Å². The van der Waals surface area contributed by atoms with E-state index in [0.29, 0.717) is 19.8 Å². The van der Waals surface area contributed by atoms with E-state index in [-0.39, 0.29) is 0 Å². The van der Waals surface area contributed by atoms with Gasteiger partial charge in [0, 0.05) is 25.8 Å². The maximum Gasteiger partial charge on any atom is 0.191 e. The Morgan fingerprint density at radius 1 is 1.14 bits per heavy atom. The molecule has 5 nitrogen and oxygen atoms in total. The van der Waals surface area contributed by atoms with Gasteiger partial charge in [-0.3, -0.25) is 0 Å². The van der Waals surface area contributed by atoms with E-state index >= 15 is 0 Å². The van der Waals surface area contributed by atoms with E-state index in [1.807, 2.05) is 6.07 Å². The molecule has 0 aliphatic rings. The number of nitrogens with zero attached hydrogens (tertiary/aromatic N) is 1. The van der Waals surface area contributed by atoms with E-state index in [2.05, 4.69) is 48.5 Å². The minimum atomic E-state index is 0.546. The van der Waals surface area contributed by atoms with Gasteiger partial charge in [0.2, 0.25) is 0 Å². The molecule has 0 saturated carbocycles. The van der Waals surface area contributed by atoms with E-state index in [1.54, 1.807) is 7.11 Å². The van der Waals surface area contributed by atoms with E-state index in [9.17, 15) is 0 Å². The standard InChI is InChI=1S/C16H27N3O2/c1-5-17-16(18-6-2)19-12-14-8-7-13(3)11-15(14)21-10-9-20-4/h7-8,11H,5-6,9-10,12H2,1-4H3,(H2,17,18,19). The third kappa shape index (κ3) is 6.49. The van der Waals surface area contributed by atoms with Crippen LogP contribution in [0.2, 0.25) is 0 Å². The second kappa shape index (κ2) is 10.0. The predicted octanol–water partition coefficient (Wildman–Crippen LogP) is 2.10. The van der Waals surface area contributed by atoms with Crippen LogP contribution >= 0.6 is 0 Å². The molecule has 0 fully saturated rings. The summed E-state index contributed by atoms with van der Waals surface area (Å²) in [7, 11) is 1.67. The van der Waals surface area contributed by atoms with Crippen LogP contribution < -0.4 is 15.4 Å². The van der Waals surface area contributed by atoms with Gasteiger partial charge in [-0.05, 0) is 32.4 Å². The fourth-order valence-corrected chi connectivity index (χ4v) is 1.84. The quantitative estimate of drug-likeness (QED) is 0.438. The first-order valence-corrected chi connectivity index (χ1v) is 7.44. The van der Waals surface area contributed by atoms with Gasteiger partial charge in [-0.2, -0.15) is 0 Å². The van der Waals surface area contributed by atoms with Crippen LogP contribution in [0, 0.1) is 6.92 Å². The highest BCUT2D eigenvalue weighted by atomic mass is 16.5. The van der Waals surface area contributed by atoms with Crippen LogP contribution in [0.5, 0.6) is 5.75 Å². The highest BCUT2D eigenvalue weighted by Gasteiger charge is 2.05. The van der Waals surface area contributed by atoms with Crippen LogP contribution in [0.15, 0.2) is 23.2 Å². The van der Waals surface area contributed by atoms with Crippen molar-refractivity contribution in [3.8, 4) is 5.75 Å². The zero-order valence-corrected chi connectivity index (χ0v) is 13.5. The Hall–Kier alpha value is -1.75. The first-order valence-electron chi connectivity index (χ1n) is 7.44. The number of aryl methyl sites for hydroxylation is 1. The average molecular weight is 293 g/mol. The number of nitrogens with one attached hydrogen (secondary N) is 2. The molecule has 0 aliphatic heterocycles. The molecular formula is C16H27N3O2. The summed E-state index contributed by atoms with van der Waals surface area (Å²) in [5.74, 6) is 1.70. The number of aliphatic imine (C=N–C) groups is 1. The number of rotatable bonds is 8. The summed E-state index contributed by atoms with van der Waals surface area (Å²) >= 11 is 0. The van der Waals surface area contributed by atoms with Crippen LogP contribution in [0.25, 0.3) is 0 Å². The summed E-state index contributed by atoms with van der Waals surface area (Å²) in [4.78, 5) is 4.58. The lowest BCUT2D eigenvalue weighted by Crippen LogP contribution is -2.36. The molecule has 0 atom stereocenters. The van der Waals surface area contributed by atoms with E-state index in [4.69, 9.17) is 9.47 Å². The molecular weight excluding hydrogens is 266 g/mol. The molecule has 0 saturated heterocycles. The second-order valence-corrected chi connectivity index (χ2v) is 4.68. The van der Waals surface area contributed by atoms with Crippen molar-refractivity contribution in [2.75, 3.05) is 33.4 Å². The lowest BCUT2D eigenvalue weighted by Gasteiger charge is -2.13. The van der Waals surface area contributed by atoms with Gasteiger partial charge < -0.3 is 20.1 Å². The molecule has 0 aromatic heterocycles. The summed E-state index contributed by atoms with van der Waals surface area (Å²) in [6, 6.07) is 6.19. The molecule has 1 aromatic rings. The van der Waals surface area contributed by atoms with Gasteiger partial charge in [0.15, 0.2) is 5.96 Å². The summed E-state index contributed by atoms with van der Waals surface area (Å²) in [6.07, 6.45) is 0. The first kappa shape index (κ1) is 17.3. The Labute approximate surface area is 127 Å². The minimum Gasteiger partial charge on any atom is -0.491 e. The third-order valence-corrected chi connectivity index (χ3v) is 2.86. The Bertz CT molecular complexity index is 439. The smallest absolute Gasteiger partial charge is 0.191 e. The molecule has 21 heavy (non-hydrogen) atoms. The maximum absolute atomic E-state index is 5.78. The summed E-state index contributed by atoms with van der Waals surface area (Å²) in [5.41, 5.74) is 2.25. The van der Waals surface area contributed by atoms with Crippen LogP contribution in [0.4, 0.5) is 0 Å². The van der Waals surface area contributed by atoms with Crippen molar-refractivity contribution < 1.29 is 9.47 Å². The Morgan fingerprint density at radius 2 is 1.86 bits per heavy atom. The second-order valence-electron chi connectivity index (χ2n) is 4.68. The normalized spacial score (nSPS) is 10.1. The number of guanidine groups is 1. The van der Waals surface area contributed by atoms with E-state index in [0.717, 1.165) is 30.4 Å². The van der Waals surface area contributed by atoms with E-state index in [1.165, 1.54) is 5.56 Å². The van der Waals surface area contributed by atoms with Crippen molar-refractivity contribution in [2.45, 2.75) is 27.3 Å². The average Bonchev–Trinajstić information content (AvgIpc) is 2.47. The molecule has 1 aromatic carbocycles. The summed E-state index contributed by atoms with van der Waals surface area (Å²) < 4.78 is 10.8. The van der Waals surface area contributed by atoms with Crippen LogP contribution in [0.3, 0.4) is 0 Å². The number of benzene rings is 1. The molecule has 0 unspecified atom stereocenters. The third-order valence-electron chi connectivity index (χ3n) is 2.86. The van der Waals surface area contributed by atoms with Gasteiger partial charge in [0.1, 0.15) is 12.4 Å². The molecule has 2 N–H and O–H groups in total. The van der Waals surface area contributed by atoms with Crippen molar-refractivity contribution in [3.63, 3.8) is 0 Å². The van der Waals surface area contributed by atoms with Gasteiger partial charge in [-0.1, -0.05) is 12.1 Å². The number of hydrogen-bond acceptors (Lipinski definition) is 3. The minimum absolute atomic E-state index is 0.546. The molecule has 5 heteroatoms. The summed E-state index contributed by atoms with van der Waals surface area (Å²) in [6.45, 7) is 9.56. The Morgan fingerprint density at radius 3 is 2.48 bits per heavy atom. The molecule has 1 rings (SSSR count). The molecule has 0 amide bonds. The van der Waals surface area contributed by atoms with Crippen molar-refractivity contribution in [3.05, 3.63) is 29.3 Å². The van der Waals surface area contributed by atoms with Gasteiger partial charge in [0.25, 0.3) is 0 Å². The fourth-order valence-electron chi connectivity index (χ4n) is 1.84. The number of methoxy groups -OCH3 is 1. The van der Waals surface area contributed by atoms with Crippen molar-refractivity contribution in [1.82, 2.24) is 10.6 Å². The molecule has 0 spiro atoms. The molecule has 0 bridgehead atoms. The number of ether oxygens (including phenoxy) is 2. The van der Waals surface area contributed by atoms with Gasteiger partial charge >= 0.3 is 0 Å². The van der Waals surface area contributed by atoms with Gasteiger partial charge in [-0.25, -0.2) is 4.99 Å². The molecule has 0 aliphatic carbocycles. The predicted molar refractivity (Wildman–Crippen MR) is 87.0 cm³/mol. The SMILES string of the molecule is CCNC(=NCc1ccc(C)cc1OCCOC)NCC. The zero-order chi connectivity index (χ0) is 15.5. The lowest BCUT2D eigenvalue weighted by molar-refractivity contribution is 0.146. The van der Waals surface area contributed by atoms with Crippen molar-refractivity contribution in [1.29, 1.82) is 0 Å².